The summed E-state index contributed by atoms with van der Waals surface area (Å²) in [4.78, 5) is 38.1. The van der Waals surface area contributed by atoms with Crippen LogP contribution in [-0.4, -0.2) is 61.0 Å². The molecule has 0 saturated heterocycles. The number of benzene rings is 2. The van der Waals surface area contributed by atoms with Crippen LogP contribution in [0.2, 0.25) is 5.02 Å². The van der Waals surface area contributed by atoms with Crippen molar-refractivity contribution in [2.75, 3.05) is 12.4 Å². The molecule has 39 heavy (non-hydrogen) atoms. The Hall–Kier alpha value is -4.78. The maximum Gasteiger partial charge on any atom is 0.411 e. The molecule has 0 spiro atoms. The van der Waals surface area contributed by atoms with Crippen LogP contribution in [0.4, 0.5) is 10.5 Å². The molecular formula is C25H26ClN9O4. The minimum absolute atomic E-state index is 0.139. The van der Waals surface area contributed by atoms with E-state index in [2.05, 4.69) is 41.3 Å². The predicted octanol–water partition coefficient (Wildman–Crippen LogP) is 2.14. The molecule has 0 bridgehead atoms. The Bertz CT molecular complexity index is 1420. The van der Waals surface area contributed by atoms with Gasteiger partial charge in [0.15, 0.2) is 0 Å². The lowest BCUT2D eigenvalue weighted by Gasteiger charge is -2.23. The van der Waals surface area contributed by atoms with Crippen LogP contribution in [0.5, 0.6) is 0 Å². The van der Waals surface area contributed by atoms with Gasteiger partial charge < -0.3 is 15.4 Å². The van der Waals surface area contributed by atoms with Gasteiger partial charge >= 0.3 is 6.09 Å². The number of carbonyl (C=O) groups is 3. The van der Waals surface area contributed by atoms with Crippen molar-refractivity contribution < 1.29 is 19.1 Å². The molecule has 4 aromatic rings. The number of methoxy groups -OCH3 is 1. The molecule has 4 rings (SSSR count). The second kappa shape index (κ2) is 12.6. The van der Waals surface area contributed by atoms with E-state index in [1.54, 1.807) is 48.3 Å². The number of hydrogen-bond acceptors (Lipinski definition) is 8. The van der Waals surface area contributed by atoms with E-state index in [-0.39, 0.29) is 6.42 Å². The summed E-state index contributed by atoms with van der Waals surface area (Å²) in [6, 6.07) is 14.2. The number of ether oxygens (including phenoxy) is 1. The first-order chi connectivity index (χ1) is 18.8. The molecule has 0 aliphatic carbocycles. The molecule has 3 amide bonds. The first-order valence-corrected chi connectivity index (χ1v) is 12.2. The molecule has 0 radical (unpaired) electrons. The molecule has 0 fully saturated rings. The summed E-state index contributed by atoms with van der Waals surface area (Å²) >= 11 is 6.14. The van der Waals surface area contributed by atoms with E-state index in [0.29, 0.717) is 28.4 Å². The summed E-state index contributed by atoms with van der Waals surface area (Å²) in [5.74, 6) is -0.940. The number of nitrogens with zero attached hydrogens (tertiary/aromatic N) is 6. The zero-order chi connectivity index (χ0) is 27.8. The smallest absolute Gasteiger partial charge is 0.411 e. The van der Waals surface area contributed by atoms with Crippen LogP contribution < -0.4 is 16.0 Å². The van der Waals surface area contributed by atoms with Crippen molar-refractivity contribution in [1.29, 1.82) is 0 Å². The van der Waals surface area contributed by atoms with Gasteiger partial charge in [-0.3, -0.25) is 19.6 Å². The summed E-state index contributed by atoms with van der Waals surface area (Å²) in [5, 5.41) is 24.5. The van der Waals surface area contributed by atoms with Gasteiger partial charge in [0, 0.05) is 42.4 Å². The molecule has 2 aromatic carbocycles. The second-order valence-corrected chi connectivity index (χ2v) is 8.99. The maximum atomic E-state index is 13.6. The van der Waals surface area contributed by atoms with Gasteiger partial charge in [-0.1, -0.05) is 23.7 Å². The number of amides is 3. The molecule has 2 aromatic heterocycles. The molecule has 13 nitrogen and oxygen atoms in total. The third-order valence-corrected chi connectivity index (χ3v) is 5.93. The van der Waals surface area contributed by atoms with E-state index in [4.69, 9.17) is 11.6 Å². The lowest BCUT2D eigenvalue weighted by atomic mass is 10.1. The Morgan fingerprint density at radius 1 is 1.05 bits per heavy atom. The van der Waals surface area contributed by atoms with Crippen LogP contribution >= 0.6 is 11.6 Å². The Balaban J connectivity index is 1.53. The van der Waals surface area contributed by atoms with Gasteiger partial charge in [0.2, 0.25) is 5.91 Å². The minimum Gasteiger partial charge on any atom is -0.453 e. The van der Waals surface area contributed by atoms with Crippen molar-refractivity contribution in [3.63, 3.8) is 0 Å². The number of nitrogens with one attached hydrogen (secondary N) is 3. The molecule has 14 heteroatoms. The second-order valence-electron chi connectivity index (χ2n) is 8.55. The molecule has 0 aliphatic heterocycles. The number of aryl methyl sites for hydroxylation is 1. The molecule has 0 saturated carbocycles. The van der Waals surface area contributed by atoms with Crippen molar-refractivity contribution in [2.45, 2.75) is 25.0 Å². The highest BCUT2D eigenvalue weighted by molar-refractivity contribution is 6.30. The van der Waals surface area contributed by atoms with E-state index < -0.39 is 30.1 Å². The highest BCUT2D eigenvalue weighted by Gasteiger charge is 2.26. The van der Waals surface area contributed by atoms with Gasteiger partial charge in [-0.15, -0.1) is 5.10 Å². The molecular weight excluding hydrogens is 526 g/mol. The zero-order valence-corrected chi connectivity index (χ0v) is 21.9. The number of hydrogen-bond donors (Lipinski definition) is 3. The van der Waals surface area contributed by atoms with Gasteiger partial charge in [0.05, 0.1) is 12.8 Å². The van der Waals surface area contributed by atoms with E-state index >= 15 is 0 Å². The Morgan fingerprint density at radius 3 is 2.49 bits per heavy atom. The Kier molecular flexibility index (Phi) is 8.84. The fourth-order valence-electron chi connectivity index (χ4n) is 3.78. The van der Waals surface area contributed by atoms with Crippen LogP contribution in [0, 0.1) is 0 Å². The van der Waals surface area contributed by atoms with Crippen molar-refractivity contribution in [3.8, 4) is 0 Å². The largest absolute Gasteiger partial charge is 0.453 e. The SMILES string of the molecule is COC(=O)Nc1ccc(C(=O)NC(Cc2ccn(C)n2)C(=O)NC(Cc2cccc(Cl)c2)n2cnnn2)cc1. The van der Waals surface area contributed by atoms with Crippen LogP contribution in [0.15, 0.2) is 67.1 Å². The fourth-order valence-corrected chi connectivity index (χ4v) is 3.99. The monoisotopic (exact) mass is 551 g/mol. The molecule has 3 N–H and O–H groups in total. The molecule has 0 aliphatic rings. The normalized spacial score (nSPS) is 12.3. The summed E-state index contributed by atoms with van der Waals surface area (Å²) in [7, 11) is 3.02. The number of halogens is 1. The highest BCUT2D eigenvalue weighted by atomic mass is 35.5. The van der Waals surface area contributed by atoms with Crippen molar-refractivity contribution >= 4 is 35.2 Å². The van der Waals surface area contributed by atoms with Crippen molar-refractivity contribution in [3.05, 3.63) is 89.0 Å². The molecule has 2 atom stereocenters. The molecule has 202 valence electrons. The van der Waals surface area contributed by atoms with Crippen LogP contribution in [0.3, 0.4) is 0 Å². The van der Waals surface area contributed by atoms with Gasteiger partial charge in [0.25, 0.3) is 5.91 Å². The quantitative estimate of drug-likeness (QED) is 0.270. The average Bonchev–Trinajstić information content (AvgIpc) is 3.60. The van der Waals surface area contributed by atoms with Crippen molar-refractivity contribution in [1.82, 2.24) is 40.6 Å². The minimum atomic E-state index is -0.974. The lowest BCUT2D eigenvalue weighted by molar-refractivity contribution is -0.124. The number of rotatable bonds is 10. The third kappa shape index (κ3) is 7.61. The predicted molar refractivity (Wildman–Crippen MR) is 141 cm³/mol. The van der Waals surface area contributed by atoms with Gasteiger partial charge in [-0.2, -0.15) is 5.10 Å². The Morgan fingerprint density at radius 2 is 1.85 bits per heavy atom. The number of anilines is 1. The van der Waals surface area contributed by atoms with E-state index in [0.717, 1.165) is 5.56 Å². The lowest BCUT2D eigenvalue weighted by Crippen LogP contribution is -2.50. The van der Waals surface area contributed by atoms with Crippen molar-refractivity contribution in [2.24, 2.45) is 7.05 Å². The van der Waals surface area contributed by atoms with E-state index in [9.17, 15) is 14.4 Å². The summed E-state index contributed by atoms with van der Waals surface area (Å²) in [6.45, 7) is 0. The molecule has 2 unspecified atom stereocenters. The summed E-state index contributed by atoms with van der Waals surface area (Å²) < 4.78 is 7.60. The fraction of sp³-hybridized carbons (Fsp3) is 0.240. The third-order valence-electron chi connectivity index (χ3n) is 5.69. The Labute approximate surface area is 228 Å². The van der Waals surface area contributed by atoms with E-state index in [1.165, 1.54) is 30.3 Å². The first kappa shape index (κ1) is 27.3. The van der Waals surface area contributed by atoms with Crippen LogP contribution in [0.1, 0.15) is 27.8 Å². The maximum absolute atomic E-state index is 13.6. The standard InChI is InChI=1S/C25H26ClN9O4/c1-34-11-10-20(31-34)14-21(29-23(36)17-6-8-19(9-7-17)28-25(38)39-2)24(37)30-22(35-15-27-32-33-35)13-16-4-3-5-18(26)12-16/h3-12,15,21-22H,13-14H2,1-2H3,(H,28,38)(H,29,36)(H,30,37). The highest BCUT2D eigenvalue weighted by Crippen LogP contribution is 2.16. The van der Waals surface area contributed by atoms with Gasteiger partial charge in [-0.05, 0) is 58.5 Å². The number of aromatic nitrogens is 6. The topological polar surface area (TPSA) is 158 Å². The number of carbonyl (C=O) groups excluding carboxylic acids is 3. The number of tetrazole rings is 1. The first-order valence-electron chi connectivity index (χ1n) is 11.8. The average molecular weight is 552 g/mol. The zero-order valence-electron chi connectivity index (χ0n) is 21.1. The van der Waals surface area contributed by atoms with Crippen LogP contribution in [-0.2, 0) is 29.4 Å². The molecule has 2 heterocycles. The van der Waals surface area contributed by atoms with Gasteiger partial charge in [-0.25, -0.2) is 9.48 Å². The van der Waals surface area contributed by atoms with E-state index in [1.807, 2.05) is 12.1 Å². The van der Waals surface area contributed by atoms with Gasteiger partial charge in [0.1, 0.15) is 18.5 Å². The summed E-state index contributed by atoms with van der Waals surface area (Å²) in [6.07, 6.45) is 2.34. The van der Waals surface area contributed by atoms with Crippen LogP contribution in [0.25, 0.3) is 0 Å². The summed E-state index contributed by atoms with van der Waals surface area (Å²) in [5.41, 5.74) is 2.21.